The molecule has 3 aromatic rings. The number of nitrogens with zero attached hydrogens (tertiary/aromatic N) is 3. The van der Waals surface area contributed by atoms with Gasteiger partial charge in [-0.05, 0) is 53.8 Å². The molecule has 0 saturated carbocycles. The lowest BCUT2D eigenvalue weighted by molar-refractivity contribution is 0.0597. The highest BCUT2D eigenvalue weighted by Crippen LogP contribution is 2.31. The molecule has 1 N–H and O–H groups in total. The Morgan fingerprint density at radius 1 is 0.968 bits per heavy atom. The van der Waals surface area contributed by atoms with Crippen LogP contribution >= 0.6 is 11.5 Å². The Kier molecular flexibility index (Phi) is 6.29. The van der Waals surface area contributed by atoms with E-state index in [0.29, 0.717) is 31.7 Å². The number of aryl methyl sites for hydroxylation is 1. The van der Waals surface area contributed by atoms with Crippen molar-refractivity contribution in [3.05, 3.63) is 82.5 Å². The maximum absolute atomic E-state index is 13.5. The highest BCUT2D eigenvalue weighted by molar-refractivity contribution is 7.10. The Balaban J connectivity index is 1.55. The molecule has 162 valence electrons. The van der Waals surface area contributed by atoms with E-state index < -0.39 is 0 Å². The molecule has 0 unspecified atom stereocenters. The zero-order valence-corrected chi connectivity index (χ0v) is 18.3. The number of carbonyl (C=O) groups excluding carboxylic acids is 1. The average molecular weight is 443 g/mol. The molecule has 2 aromatic carbocycles. The fourth-order valence-corrected chi connectivity index (χ4v) is 4.77. The lowest BCUT2D eigenvalue weighted by Crippen LogP contribution is -2.50. The number of benzene rings is 2. The van der Waals surface area contributed by atoms with Crippen LogP contribution in [0.1, 0.15) is 33.2 Å². The lowest BCUT2D eigenvalue weighted by atomic mass is 9.96. The van der Waals surface area contributed by atoms with Crippen LogP contribution in [0.3, 0.4) is 0 Å². The predicted molar refractivity (Wildman–Crippen MR) is 119 cm³/mol. The Labute approximate surface area is 184 Å². The van der Waals surface area contributed by atoms with Gasteiger partial charge in [-0.3, -0.25) is 9.69 Å². The van der Waals surface area contributed by atoms with Gasteiger partial charge in [-0.15, -0.1) is 0 Å². The third-order valence-electron chi connectivity index (χ3n) is 5.64. The van der Waals surface area contributed by atoms with Crippen LogP contribution in [-0.2, 0) is 0 Å². The Morgan fingerprint density at radius 2 is 1.48 bits per heavy atom. The second kappa shape index (κ2) is 9.11. The van der Waals surface area contributed by atoms with E-state index in [1.165, 1.54) is 35.8 Å². The molecule has 1 fully saturated rings. The SMILES string of the molecule is CNc1snc(C)c1C(=O)N1CCN(C(c2ccc(F)cc2)c2ccc(F)cc2)CC1. The quantitative estimate of drug-likeness (QED) is 0.640. The van der Waals surface area contributed by atoms with Gasteiger partial charge in [-0.25, -0.2) is 8.78 Å². The number of hydrogen-bond acceptors (Lipinski definition) is 5. The molecule has 0 bridgehead atoms. The number of aromatic nitrogens is 1. The second-order valence-electron chi connectivity index (χ2n) is 7.56. The third-order valence-corrected chi connectivity index (χ3v) is 6.60. The van der Waals surface area contributed by atoms with Crippen molar-refractivity contribution in [3.8, 4) is 0 Å². The van der Waals surface area contributed by atoms with E-state index in [0.717, 1.165) is 21.8 Å². The van der Waals surface area contributed by atoms with Gasteiger partial charge >= 0.3 is 0 Å². The minimum atomic E-state index is -0.294. The number of halogens is 2. The first-order valence-electron chi connectivity index (χ1n) is 10.2. The minimum absolute atomic E-state index is 0.0182. The molecule has 4 rings (SSSR count). The van der Waals surface area contributed by atoms with Crippen LogP contribution in [0.5, 0.6) is 0 Å². The summed E-state index contributed by atoms with van der Waals surface area (Å²) in [5.74, 6) is -0.607. The Bertz CT molecular complexity index is 999. The topological polar surface area (TPSA) is 48.5 Å². The molecule has 1 aliphatic rings. The van der Waals surface area contributed by atoms with Crippen molar-refractivity contribution in [2.45, 2.75) is 13.0 Å². The van der Waals surface area contributed by atoms with Gasteiger partial charge in [0.25, 0.3) is 5.91 Å². The normalized spacial score (nSPS) is 14.8. The van der Waals surface area contributed by atoms with Gasteiger partial charge < -0.3 is 10.2 Å². The number of nitrogens with one attached hydrogen (secondary N) is 1. The summed E-state index contributed by atoms with van der Waals surface area (Å²) < 4.78 is 31.3. The molecule has 1 aromatic heterocycles. The van der Waals surface area contributed by atoms with Gasteiger partial charge in [0.2, 0.25) is 0 Å². The number of anilines is 1. The van der Waals surface area contributed by atoms with Crippen LogP contribution in [0.15, 0.2) is 48.5 Å². The smallest absolute Gasteiger partial charge is 0.258 e. The van der Waals surface area contributed by atoms with Gasteiger partial charge in [0.1, 0.15) is 16.6 Å². The number of amides is 1. The minimum Gasteiger partial charge on any atom is -0.378 e. The van der Waals surface area contributed by atoms with Crippen molar-refractivity contribution in [3.63, 3.8) is 0 Å². The van der Waals surface area contributed by atoms with E-state index in [9.17, 15) is 13.6 Å². The first-order chi connectivity index (χ1) is 15.0. The van der Waals surface area contributed by atoms with Gasteiger partial charge in [-0.2, -0.15) is 4.37 Å². The molecule has 8 heteroatoms. The van der Waals surface area contributed by atoms with Crippen molar-refractivity contribution in [1.29, 1.82) is 0 Å². The van der Waals surface area contributed by atoms with Crippen molar-refractivity contribution >= 4 is 22.4 Å². The van der Waals surface area contributed by atoms with Crippen LogP contribution < -0.4 is 5.32 Å². The summed E-state index contributed by atoms with van der Waals surface area (Å²) in [4.78, 5) is 17.2. The molecular weight excluding hydrogens is 418 g/mol. The standard InChI is InChI=1S/C23H24F2N4OS/c1-15-20(22(26-2)31-27-15)23(30)29-13-11-28(12-14-29)21(16-3-7-18(24)8-4-16)17-5-9-19(25)10-6-17/h3-10,21,26H,11-14H2,1-2H3. The summed E-state index contributed by atoms with van der Waals surface area (Å²) in [6.45, 7) is 4.28. The summed E-state index contributed by atoms with van der Waals surface area (Å²) >= 11 is 1.29. The van der Waals surface area contributed by atoms with Crippen LogP contribution in [0.2, 0.25) is 0 Å². The van der Waals surface area contributed by atoms with Crippen molar-refractivity contribution in [1.82, 2.24) is 14.2 Å². The number of rotatable bonds is 5. The van der Waals surface area contributed by atoms with E-state index in [4.69, 9.17) is 0 Å². The molecule has 2 heterocycles. The molecule has 0 aliphatic carbocycles. The van der Waals surface area contributed by atoms with Crippen LogP contribution in [-0.4, -0.2) is 53.3 Å². The van der Waals surface area contributed by atoms with Gasteiger partial charge in [-0.1, -0.05) is 24.3 Å². The summed E-state index contributed by atoms with van der Waals surface area (Å²) in [6.07, 6.45) is 0. The molecular formula is C23H24F2N4OS. The summed E-state index contributed by atoms with van der Waals surface area (Å²) in [5, 5.41) is 3.83. The fraction of sp³-hybridized carbons (Fsp3) is 0.304. The zero-order chi connectivity index (χ0) is 22.0. The van der Waals surface area contributed by atoms with E-state index in [1.807, 2.05) is 11.8 Å². The molecule has 31 heavy (non-hydrogen) atoms. The lowest BCUT2D eigenvalue weighted by Gasteiger charge is -2.39. The first kappa shape index (κ1) is 21.4. The first-order valence-corrected chi connectivity index (χ1v) is 10.9. The Morgan fingerprint density at radius 3 is 1.97 bits per heavy atom. The van der Waals surface area contributed by atoms with Crippen molar-refractivity contribution in [2.24, 2.45) is 0 Å². The Hall–Kier alpha value is -2.84. The second-order valence-corrected chi connectivity index (χ2v) is 8.33. The number of piperazine rings is 1. The third kappa shape index (κ3) is 4.45. The molecule has 1 saturated heterocycles. The van der Waals surface area contributed by atoms with E-state index in [-0.39, 0.29) is 23.6 Å². The molecule has 1 aliphatic heterocycles. The van der Waals surface area contributed by atoms with Crippen molar-refractivity contribution < 1.29 is 13.6 Å². The van der Waals surface area contributed by atoms with Gasteiger partial charge in [0.15, 0.2) is 0 Å². The number of carbonyl (C=O) groups is 1. The zero-order valence-electron chi connectivity index (χ0n) is 17.4. The fourth-order valence-electron chi connectivity index (χ4n) is 4.04. The summed E-state index contributed by atoms with van der Waals surface area (Å²) in [6, 6.07) is 12.7. The summed E-state index contributed by atoms with van der Waals surface area (Å²) in [5.41, 5.74) is 3.23. The van der Waals surface area contributed by atoms with Crippen LogP contribution in [0.25, 0.3) is 0 Å². The van der Waals surface area contributed by atoms with Gasteiger partial charge in [0, 0.05) is 33.2 Å². The highest BCUT2D eigenvalue weighted by atomic mass is 32.1. The van der Waals surface area contributed by atoms with Crippen LogP contribution in [0.4, 0.5) is 13.8 Å². The maximum Gasteiger partial charge on any atom is 0.258 e. The largest absolute Gasteiger partial charge is 0.378 e. The monoisotopic (exact) mass is 442 g/mol. The average Bonchev–Trinajstić information content (AvgIpc) is 3.17. The predicted octanol–water partition coefficient (Wildman–Crippen LogP) is 4.32. The van der Waals surface area contributed by atoms with Crippen LogP contribution in [0, 0.1) is 18.6 Å². The molecule has 5 nitrogen and oxygen atoms in total. The van der Waals surface area contributed by atoms with E-state index >= 15 is 0 Å². The van der Waals surface area contributed by atoms with E-state index in [1.54, 1.807) is 31.3 Å². The highest BCUT2D eigenvalue weighted by Gasteiger charge is 2.30. The molecule has 0 spiro atoms. The number of hydrogen-bond donors (Lipinski definition) is 1. The van der Waals surface area contributed by atoms with Crippen molar-refractivity contribution in [2.75, 3.05) is 38.5 Å². The summed E-state index contributed by atoms with van der Waals surface area (Å²) in [7, 11) is 1.79. The van der Waals surface area contributed by atoms with E-state index in [2.05, 4.69) is 14.6 Å². The van der Waals surface area contributed by atoms with Gasteiger partial charge in [0.05, 0.1) is 17.3 Å². The molecule has 0 atom stereocenters. The molecule has 1 amide bonds. The maximum atomic E-state index is 13.5. The molecule has 0 radical (unpaired) electrons.